The van der Waals surface area contributed by atoms with Crippen LogP contribution >= 0.6 is 0 Å². The first kappa shape index (κ1) is 14.5. The Bertz CT molecular complexity index is 403. The number of benzene rings is 1. The number of hydrogen-bond donors (Lipinski definition) is 1. The molecule has 1 rings (SSSR count). The highest BCUT2D eigenvalue weighted by molar-refractivity contribution is 5.80. The van der Waals surface area contributed by atoms with Crippen molar-refractivity contribution in [3.05, 3.63) is 29.8 Å². The van der Waals surface area contributed by atoms with Crippen molar-refractivity contribution in [3.63, 3.8) is 0 Å². The van der Waals surface area contributed by atoms with Gasteiger partial charge in [0.15, 0.2) is 0 Å². The number of nitrogens with two attached hydrogens (primary N) is 1. The number of amides is 1. The van der Waals surface area contributed by atoms with Crippen LogP contribution in [-0.2, 0) is 11.3 Å². The Balaban J connectivity index is 2.70. The summed E-state index contributed by atoms with van der Waals surface area (Å²) in [4.78, 5) is 13.3. The van der Waals surface area contributed by atoms with Gasteiger partial charge in [-0.05, 0) is 38.5 Å². The molecule has 0 fully saturated rings. The van der Waals surface area contributed by atoms with Crippen LogP contribution in [-0.4, -0.2) is 30.0 Å². The zero-order chi connectivity index (χ0) is 13.7. The Kier molecular flexibility index (Phi) is 5.16. The summed E-state index contributed by atoms with van der Waals surface area (Å²) in [5.41, 5.74) is 6.60. The average molecular weight is 250 g/mol. The number of carbonyl (C=O) groups excluding carboxylic acids is 1. The van der Waals surface area contributed by atoms with Crippen LogP contribution in [0.4, 0.5) is 0 Å². The highest BCUT2D eigenvalue weighted by atomic mass is 16.5. The van der Waals surface area contributed by atoms with Crippen molar-refractivity contribution in [3.8, 4) is 5.75 Å². The maximum Gasteiger partial charge on any atom is 0.239 e. The molecule has 1 atom stereocenters. The zero-order valence-corrected chi connectivity index (χ0v) is 11.5. The smallest absolute Gasteiger partial charge is 0.239 e. The summed E-state index contributed by atoms with van der Waals surface area (Å²) >= 11 is 0. The van der Waals surface area contributed by atoms with E-state index in [1.165, 1.54) is 0 Å². The summed E-state index contributed by atoms with van der Waals surface area (Å²) in [6.45, 7) is 6.20. The Morgan fingerprint density at radius 1 is 1.39 bits per heavy atom. The van der Waals surface area contributed by atoms with Gasteiger partial charge in [-0.1, -0.05) is 12.1 Å². The Labute approximate surface area is 109 Å². The Hall–Kier alpha value is -1.55. The molecular weight excluding hydrogens is 228 g/mol. The molecule has 100 valence electrons. The molecule has 0 bridgehead atoms. The van der Waals surface area contributed by atoms with Crippen LogP contribution in [0, 0.1) is 0 Å². The van der Waals surface area contributed by atoms with Crippen LogP contribution in [0.2, 0.25) is 0 Å². The summed E-state index contributed by atoms with van der Waals surface area (Å²) < 4.78 is 5.62. The fraction of sp³-hybridized carbons (Fsp3) is 0.500. The van der Waals surface area contributed by atoms with Crippen molar-refractivity contribution in [2.75, 3.05) is 7.05 Å². The van der Waals surface area contributed by atoms with Gasteiger partial charge in [-0.2, -0.15) is 0 Å². The van der Waals surface area contributed by atoms with E-state index in [-0.39, 0.29) is 12.0 Å². The van der Waals surface area contributed by atoms with E-state index in [1.54, 1.807) is 18.9 Å². The largest absolute Gasteiger partial charge is 0.491 e. The SMILES string of the molecule is CC(C)Oc1cccc(CN(C)C(=O)C(C)N)c1. The third-order valence-electron chi connectivity index (χ3n) is 2.46. The average Bonchev–Trinajstić information content (AvgIpc) is 2.27. The number of hydrogen-bond acceptors (Lipinski definition) is 3. The maximum absolute atomic E-state index is 11.7. The standard InChI is InChI=1S/C14H22N2O2/c1-10(2)18-13-7-5-6-12(8-13)9-16(4)14(17)11(3)15/h5-8,10-11H,9,15H2,1-4H3. The second-order valence-electron chi connectivity index (χ2n) is 4.80. The normalized spacial score (nSPS) is 12.3. The highest BCUT2D eigenvalue weighted by Gasteiger charge is 2.13. The zero-order valence-electron chi connectivity index (χ0n) is 11.5. The number of rotatable bonds is 5. The van der Waals surface area contributed by atoms with E-state index in [2.05, 4.69) is 0 Å². The van der Waals surface area contributed by atoms with E-state index in [0.29, 0.717) is 6.54 Å². The number of likely N-dealkylation sites (N-methyl/N-ethyl adjacent to an activating group) is 1. The molecule has 0 radical (unpaired) electrons. The Morgan fingerprint density at radius 2 is 2.06 bits per heavy atom. The molecule has 18 heavy (non-hydrogen) atoms. The molecular formula is C14H22N2O2. The van der Waals surface area contributed by atoms with Crippen molar-refractivity contribution in [2.24, 2.45) is 5.73 Å². The third-order valence-corrected chi connectivity index (χ3v) is 2.46. The van der Waals surface area contributed by atoms with Crippen molar-refractivity contribution < 1.29 is 9.53 Å². The van der Waals surface area contributed by atoms with Crippen LogP contribution in [0.5, 0.6) is 5.75 Å². The topological polar surface area (TPSA) is 55.6 Å². The van der Waals surface area contributed by atoms with Gasteiger partial charge in [0.1, 0.15) is 5.75 Å². The van der Waals surface area contributed by atoms with Gasteiger partial charge in [0.25, 0.3) is 0 Å². The van der Waals surface area contributed by atoms with Gasteiger partial charge < -0.3 is 15.4 Å². The minimum Gasteiger partial charge on any atom is -0.491 e. The van der Waals surface area contributed by atoms with Gasteiger partial charge in [-0.3, -0.25) is 4.79 Å². The molecule has 4 nitrogen and oxygen atoms in total. The summed E-state index contributed by atoms with van der Waals surface area (Å²) in [7, 11) is 1.75. The van der Waals surface area contributed by atoms with Crippen molar-refractivity contribution in [1.82, 2.24) is 4.90 Å². The van der Waals surface area contributed by atoms with Crippen LogP contribution in [0.3, 0.4) is 0 Å². The lowest BCUT2D eigenvalue weighted by molar-refractivity contribution is -0.131. The van der Waals surface area contributed by atoms with Crippen molar-refractivity contribution >= 4 is 5.91 Å². The quantitative estimate of drug-likeness (QED) is 0.866. The molecule has 0 aliphatic heterocycles. The summed E-state index contributed by atoms with van der Waals surface area (Å²) in [5, 5.41) is 0. The van der Waals surface area contributed by atoms with Gasteiger partial charge in [-0.25, -0.2) is 0 Å². The first-order chi connectivity index (χ1) is 8.40. The van der Waals surface area contributed by atoms with E-state index < -0.39 is 6.04 Å². The van der Waals surface area contributed by atoms with Gasteiger partial charge in [0, 0.05) is 13.6 Å². The first-order valence-electron chi connectivity index (χ1n) is 6.16. The fourth-order valence-corrected chi connectivity index (χ4v) is 1.69. The van der Waals surface area contributed by atoms with E-state index in [4.69, 9.17) is 10.5 Å². The van der Waals surface area contributed by atoms with Gasteiger partial charge >= 0.3 is 0 Å². The van der Waals surface area contributed by atoms with Crippen LogP contribution < -0.4 is 10.5 Å². The van der Waals surface area contributed by atoms with E-state index in [1.807, 2.05) is 38.1 Å². The molecule has 0 aromatic heterocycles. The molecule has 1 aromatic carbocycles. The minimum atomic E-state index is -0.468. The van der Waals surface area contributed by atoms with E-state index in [9.17, 15) is 4.79 Å². The first-order valence-corrected chi connectivity index (χ1v) is 6.16. The van der Waals surface area contributed by atoms with Crippen molar-refractivity contribution in [1.29, 1.82) is 0 Å². The van der Waals surface area contributed by atoms with E-state index in [0.717, 1.165) is 11.3 Å². The molecule has 0 aliphatic carbocycles. The van der Waals surface area contributed by atoms with Crippen LogP contribution in [0.25, 0.3) is 0 Å². The molecule has 4 heteroatoms. The van der Waals surface area contributed by atoms with E-state index >= 15 is 0 Å². The van der Waals surface area contributed by atoms with Crippen molar-refractivity contribution in [2.45, 2.75) is 39.5 Å². The molecule has 0 heterocycles. The lowest BCUT2D eigenvalue weighted by atomic mass is 10.2. The second kappa shape index (κ2) is 6.40. The molecule has 0 spiro atoms. The second-order valence-corrected chi connectivity index (χ2v) is 4.80. The summed E-state index contributed by atoms with van der Waals surface area (Å²) in [6, 6.07) is 7.29. The Morgan fingerprint density at radius 3 is 2.61 bits per heavy atom. The number of nitrogens with zero attached hydrogens (tertiary/aromatic N) is 1. The molecule has 0 aliphatic rings. The monoisotopic (exact) mass is 250 g/mol. The predicted molar refractivity (Wildman–Crippen MR) is 72.3 cm³/mol. The summed E-state index contributed by atoms with van der Waals surface area (Å²) in [6.07, 6.45) is 0.142. The number of carbonyl (C=O) groups is 1. The van der Waals surface area contributed by atoms with Gasteiger partial charge in [0.05, 0.1) is 12.1 Å². The van der Waals surface area contributed by atoms with Crippen LogP contribution in [0.15, 0.2) is 24.3 Å². The highest BCUT2D eigenvalue weighted by Crippen LogP contribution is 2.16. The van der Waals surface area contributed by atoms with Gasteiger partial charge in [0.2, 0.25) is 5.91 Å². The minimum absolute atomic E-state index is 0.0646. The molecule has 1 amide bonds. The fourth-order valence-electron chi connectivity index (χ4n) is 1.69. The lowest BCUT2D eigenvalue weighted by Crippen LogP contribution is -2.39. The molecule has 0 saturated carbocycles. The molecule has 1 aromatic rings. The molecule has 0 saturated heterocycles. The number of ether oxygens (including phenoxy) is 1. The molecule has 1 unspecified atom stereocenters. The third kappa shape index (κ3) is 4.37. The predicted octanol–water partition coefficient (Wildman–Crippen LogP) is 1.78. The lowest BCUT2D eigenvalue weighted by Gasteiger charge is -2.20. The summed E-state index contributed by atoms with van der Waals surface area (Å²) in [5.74, 6) is 0.759. The molecule has 2 N–H and O–H groups in total. The van der Waals surface area contributed by atoms with Gasteiger partial charge in [-0.15, -0.1) is 0 Å². The maximum atomic E-state index is 11.7. The van der Waals surface area contributed by atoms with Crippen LogP contribution in [0.1, 0.15) is 26.3 Å².